The van der Waals surface area contributed by atoms with Gasteiger partial charge in [-0.15, -0.1) is 0 Å². The van der Waals surface area contributed by atoms with Gasteiger partial charge in [0.05, 0.1) is 11.4 Å². The maximum atomic E-state index is 13.1. The molecule has 0 aliphatic carbocycles. The molecule has 208 valence electrons. The van der Waals surface area contributed by atoms with Crippen LogP contribution in [0.5, 0.6) is 0 Å². The monoisotopic (exact) mass is 540 g/mol. The molecule has 2 saturated heterocycles. The molecule has 0 bridgehead atoms. The van der Waals surface area contributed by atoms with E-state index in [2.05, 4.69) is 56.6 Å². The zero-order chi connectivity index (χ0) is 27.9. The van der Waals surface area contributed by atoms with Crippen molar-refractivity contribution in [2.45, 2.75) is 26.2 Å². The standard InChI is InChI=1S/C31H36N6O3/c1-23-6-2-3-7-27(23)35-18-20-36(21-19-35)28-10-9-25(22-26(28)34-31(40)24-11-14-32-15-12-24)30(39)33-13-5-17-37-16-4-8-29(37)38/h2-3,6-7,9-12,14-15,22H,4-5,8,13,16-21H2,1H3,(H,33,39)(H,34,40). The number of hydrogen-bond donors (Lipinski definition) is 2. The molecule has 0 radical (unpaired) electrons. The number of aryl methyl sites for hydroxylation is 1. The first-order valence-corrected chi connectivity index (χ1v) is 14.0. The normalized spacial score (nSPS) is 15.3. The third-order valence-corrected chi connectivity index (χ3v) is 7.59. The molecule has 1 aromatic heterocycles. The predicted molar refractivity (Wildman–Crippen MR) is 157 cm³/mol. The molecule has 3 aromatic rings. The molecule has 0 atom stereocenters. The number of piperazine rings is 1. The van der Waals surface area contributed by atoms with Crippen LogP contribution in [0.2, 0.25) is 0 Å². The van der Waals surface area contributed by atoms with E-state index in [1.807, 2.05) is 17.0 Å². The Hall–Kier alpha value is -4.40. The molecule has 0 saturated carbocycles. The minimum absolute atomic E-state index is 0.191. The summed E-state index contributed by atoms with van der Waals surface area (Å²) < 4.78 is 0. The van der Waals surface area contributed by atoms with Gasteiger partial charge in [-0.2, -0.15) is 0 Å². The van der Waals surface area contributed by atoms with Crippen LogP contribution in [0.4, 0.5) is 17.1 Å². The molecule has 2 aromatic carbocycles. The quantitative estimate of drug-likeness (QED) is 0.402. The Balaban J connectivity index is 1.28. The number of anilines is 3. The van der Waals surface area contributed by atoms with Gasteiger partial charge < -0.3 is 25.3 Å². The lowest BCUT2D eigenvalue weighted by molar-refractivity contribution is -0.127. The van der Waals surface area contributed by atoms with Crippen molar-refractivity contribution >= 4 is 34.8 Å². The lowest BCUT2D eigenvalue weighted by Gasteiger charge is -2.38. The molecule has 3 heterocycles. The lowest BCUT2D eigenvalue weighted by atomic mass is 10.1. The van der Waals surface area contributed by atoms with Gasteiger partial charge in [0.1, 0.15) is 0 Å². The molecule has 3 amide bonds. The topological polar surface area (TPSA) is 97.9 Å². The van der Waals surface area contributed by atoms with Crippen LogP contribution in [0.1, 0.15) is 45.5 Å². The highest BCUT2D eigenvalue weighted by molar-refractivity contribution is 6.07. The summed E-state index contributed by atoms with van der Waals surface area (Å²) in [5.74, 6) is -0.269. The maximum Gasteiger partial charge on any atom is 0.255 e. The molecule has 9 heteroatoms. The van der Waals surface area contributed by atoms with E-state index >= 15 is 0 Å². The molecule has 0 unspecified atom stereocenters. The van der Waals surface area contributed by atoms with Gasteiger partial charge in [-0.1, -0.05) is 18.2 Å². The van der Waals surface area contributed by atoms with Crippen LogP contribution < -0.4 is 20.4 Å². The third-order valence-electron chi connectivity index (χ3n) is 7.59. The van der Waals surface area contributed by atoms with Crippen LogP contribution in [-0.4, -0.2) is 73.4 Å². The highest BCUT2D eigenvalue weighted by Crippen LogP contribution is 2.30. The van der Waals surface area contributed by atoms with E-state index in [-0.39, 0.29) is 17.7 Å². The van der Waals surface area contributed by atoms with E-state index < -0.39 is 0 Å². The van der Waals surface area contributed by atoms with Crippen LogP contribution in [-0.2, 0) is 4.79 Å². The summed E-state index contributed by atoms with van der Waals surface area (Å²) in [4.78, 5) is 48.4. The summed E-state index contributed by atoms with van der Waals surface area (Å²) in [7, 11) is 0. The number of carbonyl (C=O) groups is 3. The van der Waals surface area contributed by atoms with Crippen LogP contribution >= 0.6 is 0 Å². The molecule has 2 aliphatic rings. The Labute approximate surface area is 235 Å². The van der Waals surface area contributed by atoms with Crippen LogP contribution in [0.25, 0.3) is 0 Å². The largest absolute Gasteiger partial charge is 0.368 e. The van der Waals surface area contributed by atoms with Gasteiger partial charge >= 0.3 is 0 Å². The molecular weight excluding hydrogens is 504 g/mol. The number of benzene rings is 2. The number of aromatic nitrogens is 1. The summed E-state index contributed by atoms with van der Waals surface area (Å²) >= 11 is 0. The van der Waals surface area contributed by atoms with Gasteiger partial charge in [0.2, 0.25) is 5.91 Å². The number of para-hydroxylation sites is 1. The Morgan fingerprint density at radius 2 is 1.57 bits per heavy atom. The second kappa shape index (κ2) is 12.6. The number of amides is 3. The van der Waals surface area contributed by atoms with Gasteiger partial charge in [-0.05, 0) is 61.7 Å². The highest BCUT2D eigenvalue weighted by atomic mass is 16.2. The number of rotatable bonds is 9. The molecule has 2 N–H and O–H groups in total. The first-order chi connectivity index (χ1) is 19.5. The second-order valence-corrected chi connectivity index (χ2v) is 10.3. The SMILES string of the molecule is Cc1ccccc1N1CCN(c2ccc(C(=O)NCCCN3CCCC3=O)cc2NC(=O)c2ccncc2)CC1. The van der Waals surface area contributed by atoms with Gasteiger partial charge in [0, 0.05) is 81.4 Å². The van der Waals surface area contributed by atoms with Crippen molar-refractivity contribution in [2.75, 3.05) is 60.9 Å². The van der Waals surface area contributed by atoms with Gasteiger partial charge in [-0.25, -0.2) is 0 Å². The minimum Gasteiger partial charge on any atom is -0.368 e. The van der Waals surface area contributed by atoms with Crippen molar-refractivity contribution in [3.63, 3.8) is 0 Å². The molecular formula is C31H36N6O3. The minimum atomic E-state index is -0.255. The van der Waals surface area contributed by atoms with E-state index in [1.165, 1.54) is 11.3 Å². The average Bonchev–Trinajstić information content (AvgIpc) is 3.40. The first kappa shape index (κ1) is 27.2. The van der Waals surface area contributed by atoms with E-state index in [0.29, 0.717) is 42.7 Å². The number of nitrogens with zero attached hydrogens (tertiary/aromatic N) is 4. The average molecular weight is 541 g/mol. The fraction of sp³-hybridized carbons (Fsp3) is 0.355. The van der Waals surface area contributed by atoms with E-state index in [4.69, 9.17) is 0 Å². The summed E-state index contributed by atoms with van der Waals surface area (Å²) in [6.07, 6.45) is 5.40. The van der Waals surface area contributed by atoms with Crippen molar-refractivity contribution < 1.29 is 14.4 Å². The zero-order valence-corrected chi connectivity index (χ0v) is 22.9. The number of pyridine rings is 1. The number of nitrogens with one attached hydrogen (secondary N) is 2. The molecule has 5 rings (SSSR count). The molecule has 9 nitrogen and oxygen atoms in total. The van der Waals surface area contributed by atoms with E-state index in [0.717, 1.165) is 44.8 Å². The molecule has 2 fully saturated rings. The fourth-order valence-corrected chi connectivity index (χ4v) is 5.37. The maximum absolute atomic E-state index is 13.1. The van der Waals surface area contributed by atoms with Crippen molar-refractivity contribution in [1.29, 1.82) is 0 Å². The summed E-state index contributed by atoms with van der Waals surface area (Å²) in [6, 6.07) is 17.2. The lowest BCUT2D eigenvalue weighted by Crippen LogP contribution is -2.47. The first-order valence-electron chi connectivity index (χ1n) is 14.0. The van der Waals surface area contributed by atoms with Crippen molar-refractivity contribution in [1.82, 2.24) is 15.2 Å². The van der Waals surface area contributed by atoms with Crippen LogP contribution in [0.3, 0.4) is 0 Å². The molecule has 2 aliphatic heterocycles. The van der Waals surface area contributed by atoms with Crippen molar-refractivity contribution in [2.24, 2.45) is 0 Å². The van der Waals surface area contributed by atoms with E-state index in [9.17, 15) is 14.4 Å². The van der Waals surface area contributed by atoms with E-state index in [1.54, 1.807) is 30.6 Å². The Morgan fingerprint density at radius 3 is 2.27 bits per heavy atom. The summed E-state index contributed by atoms with van der Waals surface area (Å²) in [5, 5.41) is 5.99. The number of hydrogen-bond acceptors (Lipinski definition) is 6. The molecule has 0 spiro atoms. The zero-order valence-electron chi connectivity index (χ0n) is 22.9. The third kappa shape index (κ3) is 6.42. The molecule has 40 heavy (non-hydrogen) atoms. The Morgan fingerprint density at radius 1 is 0.850 bits per heavy atom. The smallest absolute Gasteiger partial charge is 0.255 e. The predicted octanol–water partition coefficient (Wildman–Crippen LogP) is 3.71. The Kier molecular flexibility index (Phi) is 8.59. The van der Waals surface area contributed by atoms with Crippen molar-refractivity contribution in [3.8, 4) is 0 Å². The van der Waals surface area contributed by atoms with Crippen LogP contribution in [0, 0.1) is 6.92 Å². The van der Waals surface area contributed by atoms with Crippen molar-refractivity contribution in [3.05, 3.63) is 83.7 Å². The summed E-state index contributed by atoms with van der Waals surface area (Å²) in [5.41, 5.74) is 4.96. The Bertz CT molecular complexity index is 1350. The van der Waals surface area contributed by atoms with Crippen LogP contribution in [0.15, 0.2) is 67.0 Å². The number of carbonyl (C=O) groups excluding carboxylic acids is 3. The van der Waals surface area contributed by atoms with Gasteiger partial charge in [0.15, 0.2) is 0 Å². The van der Waals surface area contributed by atoms with Gasteiger partial charge in [0.25, 0.3) is 11.8 Å². The second-order valence-electron chi connectivity index (χ2n) is 10.3. The highest BCUT2D eigenvalue weighted by Gasteiger charge is 2.23. The summed E-state index contributed by atoms with van der Waals surface area (Å²) in [6.45, 7) is 7.33. The van der Waals surface area contributed by atoms with Gasteiger partial charge in [-0.3, -0.25) is 19.4 Å². The fourth-order valence-electron chi connectivity index (χ4n) is 5.37. The number of likely N-dealkylation sites (tertiary alicyclic amines) is 1.